The van der Waals surface area contributed by atoms with E-state index in [1.807, 2.05) is 21.1 Å². The van der Waals surface area contributed by atoms with Crippen molar-refractivity contribution in [2.24, 2.45) is 0 Å². The Morgan fingerprint density at radius 2 is 0.792 bits per heavy atom. The summed E-state index contributed by atoms with van der Waals surface area (Å²) in [6, 6.07) is 0. The molecule has 0 N–H and O–H groups in total. The van der Waals surface area contributed by atoms with Gasteiger partial charge in [0, 0.05) is 12.8 Å². The fourth-order valence-electron chi connectivity index (χ4n) is 7.37. The number of quaternary nitrogens is 1. The summed E-state index contributed by atoms with van der Waals surface area (Å²) in [5.74, 6) is -0.855. The standard InChI is InChI=1S/C62H106NO8P/c1-6-8-10-12-14-16-18-20-22-24-25-26-27-28-29-30-31-32-33-34-35-36-37-39-41-43-45-47-49-51-53-55-62(65)71-60(59-70-72(66,67)69-57-56-63(3,4)5)58-68-61(64)54-52-50-48-46-44-42-40-38-23-21-19-17-15-13-11-9-7-2/h8,10,14-17,20-23,25-26,28-29,31-32,34-35,60H,6-7,9,11-13,18-19,24,27,30,33,36-59H2,1-5H3/b10-8-,16-14-,17-15-,22-20-,23-21-,26-25-,29-28-,32-31-,35-34-. The maximum absolute atomic E-state index is 12.8. The topological polar surface area (TPSA) is 111 Å². The lowest BCUT2D eigenvalue weighted by molar-refractivity contribution is -0.870. The molecule has 9 nitrogen and oxygen atoms in total. The van der Waals surface area contributed by atoms with E-state index in [9.17, 15) is 19.0 Å². The van der Waals surface area contributed by atoms with Gasteiger partial charge < -0.3 is 27.9 Å². The van der Waals surface area contributed by atoms with Crippen molar-refractivity contribution in [3.63, 3.8) is 0 Å². The first-order chi connectivity index (χ1) is 35.0. The molecule has 10 heteroatoms. The van der Waals surface area contributed by atoms with E-state index in [4.69, 9.17) is 18.5 Å². The molecule has 0 heterocycles. The average Bonchev–Trinajstić information content (AvgIpc) is 3.34. The molecule has 0 aliphatic heterocycles. The molecule has 412 valence electrons. The van der Waals surface area contributed by atoms with Crippen molar-refractivity contribution < 1.29 is 42.1 Å². The Morgan fingerprint density at radius 1 is 0.444 bits per heavy atom. The molecule has 2 atom stereocenters. The fourth-order valence-corrected chi connectivity index (χ4v) is 8.10. The number of carbonyl (C=O) groups is 2. The largest absolute Gasteiger partial charge is 0.756 e. The summed E-state index contributed by atoms with van der Waals surface area (Å²) < 4.78 is 34.1. The van der Waals surface area contributed by atoms with E-state index in [1.165, 1.54) is 77.0 Å². The molecular weight excluding hydrogens is 918 g/mol. The molecule has 0 aromatic heterocycles. The second-order valence-electron chi connectivity index (χ2n) is 19.9. The lowest BCUT2D eigenvalue weighted by Crippen LogP contribution is -2.37. The third-order valence-electron chi connectivity index (χ3n) is 11.8. The van der Waals surface area contributed by atoms with Gasteiger partial charge in [-0.3, -0.25) is 14.2 Å². The third kappa shape index (κ3) is 56.0. The number of rotatable bonds is 51. The van der Waals surface area contributed by atoms with Crippen molar-refractivity contribution in [3.8, 4) is 0 Å². The van der Waals surface area contributed by atoms with Crippen LogP contribution in [0.25, 0.3) is 0 Å². The molecule has 0 aliphatic carbocycles. The Balaban J connectivity index is 4.20. The van der Waals surface area contributed by atoms with Crippen LogP contribution in [-0.4, -0.2) is 70.0 Å². The second-order valence-corrected chi connectivity index (χ2v) is 21.3. The molecule has 0 amide bonds. The van der Waals surface area contributed by atoms with Gasteiger partial charge in [-0.05, 0) is 103 Å². The second kappa shape index (κ2) is 52.5. The number of phosphoric ester groups is 1. The summed E-state index contributed by atoms with van der Waals surface area (Å²) in [5, 5.41) is 0. The molecule has 2 unspecified atom stereocenters. The van der Waals surface area contributed by atoms with Gasteiger partial charge >= 0.3 is 11.9 Å². The normalized spacial score (nSPS) is 14.1. The van der Waals surface area contributed by atoms with Gasteiger partial charge in [0.1, 0.15) is 19.8 Å². The van der Waals surface area contributed by atoms with Crippen LogP contribution in [0.1, 0.15) is 219 Å². The van der Waals surface area contributed by atoms with Crippen LogP contribution < -0.4 is 4.89 Å². The minimum atomic E-state index is -4.64. The highest BCUT2D eigenvalue weighted by atomic mass is 31.2. The van der Waals surface area contributed by atoms with Crippen molar-refractivity contribution in [1.29, 1.82) is 0 Å². The third-order valence-corrected chi connectivity index (χ3v) is 12.7. The van der Waals surface area contributed by atoms with Crippen LogP contribution in [0.2, 0.25) is 0 Å². The molecule has 0 saturated carbocycles. The molecule has 0 radical (unpaired) electrons. The smallest absolute Gasteiger partial charge is 0.306 e. The first-order valence-corrected chi connectivity index (χ1v) is 30.1. The summed E-state index contributed by atoms with van der Waals surface area (Å²) in [4.78, 5) is 37.8. The summed E-state index contributed by atoms with van der Waals surface area (Å²) in [7, 11) is 1.14. The molecule has 72 heavy (non-hydrogen) atoms. The van der Waals surface area contributed by atoms with E-state index < -0.39 is 32.5 Å². The number of esters is 2. The Kier molecular flexibility index (Phi) is 50.1. The fraction of sp³-hybridized carbons (Fsp3) is 0.677. The maximum Gasteiger partial charge on any atom is 0.306 e. The predicted octanol–water partition coefficient (Wildman–Crippen LogP) is 17.2. The Labute approximate surface area is 442 Å². The number of phosphoric acid groups is 1. The minimum absolute atomic E-state index is 0.0388. The molecule has 0 aromatic rings. The Bertz CT molecular complexity index is 1580. The summed E-state index contributed by atoms with van der Waals surface area (Å²) in [5.41, 5.74) is 0. The van der Waals surface area contributed by atoms with Gasteiger partial charge in [-0.15, -0.1) is 0 Å². The molecule has 0 aromatic carbocycles. The first kappa shape index (κ1) is 68.7. The van der Waals surface area contributed by atoms with Gasteiger partial charge in [0.15, 0.2) is 6.10 Å². The SMILES string of the molecule is CC/C=C\C/C=C\C/C=C\C/C=C\C/C=C\C/C=C\C/C=C\CCCCCCCCCCCC(=O)OC(COC(=O)CCCCCCCCC/C=C\C/C=C\CCCCC)COP(=O)([O-])OCC[N+](C)(C)C. The number of likely N-dealkylation sites (N-methyl/N-ethyl adjacent to an activating group) is 1. The van der Waals surface area contributed by atoms with Crippen LogP contribution >= 0.6 is 7.82 Å². The molecule has 0 rings (SSSR count). The molecule has 0 spiro atoms. The van der Waals surface area contributed by atoms with E-state index in [2.05, 4.69) is 123 Å². The number of hydrogen-bond donors (Lipinski definition) is 0. The van der Waals surface area contributed by atoms with Gasteiger partial charge in [0.2, 0.25) is 0 Å². The Morgan fingerprint density at radius 3 is 1.18 bits per heavy atom. The number of unbranched alkanes of at least 4 members (excludes halogenated alkanes) is 19. The van der Waals surface area contributed by atoms with Gasteiger partial charge in [0.25, 0.3) is 7.82 Å². The summed E-state index contributed by atoms with van der Waals surface area (Å²) in [6.07, 6.45) is 72.7. The van der Waals surface area contributed by atoms with Crippen LogP contribution in [0.15, 0.2) is 109 Å². The van der Waals surface area contributed by atoms with Crippen LogP contribution in [0.3, 0.4) is 0 Å². The van der Waals surface area contributed by atoms with Gasteiger partial charge in [-0.1, -0.05) is 213 Å². The van der Waals surface area contributed by atoms with Gasteiger partial charge in [0.05, 0.1) is 27.7 Å². The molecule has 0 fully saturated rings. The quantitative estimate of drug-likeness (QED) is 0.0195. The zero-order valence-corrected chi connectivity index (χ0v) is 47.5. The van der Waals surface area contributed by atoms with Crippen molar-refractivity contribution in [2.75, 3.05) is 47.5 Å². The highest BCUT2D eigenvalue weighted by molar-refractivity contribution is 7.45. The van der Waals surface area contributed by atoms with Crippen molar-refractivity contribution >= 4 is 19.8 Å². The van der Waals surface area contributed by atoms with Crippen LogP contribution in [0.4, 0.5) is 0 Å². The van der Waals surface area contributed by atoms with Gasteiger partial charge in [-0.25, -0.2) is 0 Å². The van der Waals surface area contributed by atoms with Crippen LogP contribution in [0.5, 0.6) is 0 Å². The van der Waals surface area contributed by atoms with E-state index >= 15 is 0 Å². The minimum Gasteiger partial charge on any atom is -0.756 e. The number of hydrogen-bond acceptors (Lipinski definition) is 8. The summed E-state index contributed by atoms with van der Waals surface area (Å²) >= 11 is 0. The zero-order valence-electron chi connectivity index (χ0n) is 46.6. The molecular formula is C62H106NO8P. The first-order valence-electron chi connectivity index (χ1n) is 28.6. The van der Waals surface area contributed by atoms with Crippen LogP contribution in [-0.2, 0) is 32.7 Å². The van der Waals surface area contributed by atoms with Crippen LogP contribution in [0, 0.1) is 0 Å². The number of carbonyl (C=O) groups excluding carboxylic acids is 2. The molecule has 0 bridgehead atoms. The zero-order chi connectivity index (χ0) is 52.7. The monoisotopic (exact) mass is 1020 g/mol. The lowest BCUT2D eigenvalue weighted by atomic mass is 10.1. The number of nitrogens with zero attached hydrogens (tertiary/aromatic N) is 1. The number of ether oxygens (including phenoxy) is 2. The molecule has 0 aliphatic rings. The van der Waals surface area contributed by atoms with Crippen molar-refractivity contribution in [1.82, 2.24) is 0 Å². The lowest BCUT2D eigenvalue weighted by Gasteiger charge is -2.28. The number of allylic oxidation sites excluding steroid dienone is 18. The highest BCUT2D eigenvalue weighted by Crippen LogP contribution is 2.38. The highest BCUT2D eigenvalue weighted by Gasteiger charge is 2.21. The summed E-state index contributed by atoms with van der Waals surface area (Å²) in [6.45, 7) is 4.07. The van der Waals surface area contributed by atoms with Gasteiger partial charge in [-0.2, -0.15) is 0 Å². The Hall–Kier alpha value is -3.33. The van der Waals surface area contributed by atoms with E-state index in [0.29, 0.717) is 17.4 Å². The van der Waals surface area contributed by atoms with Crippen molar-refractivity contribution in [3.05, 3.63) is 109 Å². The van der Waals surface area contributed by atoms with E-state index in [0.717, 1.165) is 109 Å². The predicted molar refractivity (Wildman–Crippen MR) is 305 cm³/mol. The van der Waals surface area contributed by atoms with E-state index in [-0.39, 0.29) is 26.1 Å². The van der Waals surface area contributed by atoms with Crippen molar-refractivity contribution in [2.45, 2.75) is 225 Å². The maximum atomic E-state index is 12.8. The van der Waals surface area contributed by atoms with E-state index in [1.54, 1.807) is 0 Å². The average molecular weight is 1020 g/mol. The molecule has 0 saturated heterocycles.